The highest BCUT2D eigenvalue weighted by atomic mass is 35.5. The molecule has 1 amide bonds. The second-order valence-corrected chi connectivity index (χ2v) is 14.7. The van der Waals surface area contributed by atoms with Gasteiger partial charge in [-0.05, 0) is 65.1 Å². The third kappa shape index (κ3) is 6.51. The summed E-state index contributed by atoms with van der Waals surface area (Å²) in [5.41, 5.74) is 0.980. The maximum absolute atomic E-state index is 14.2. The Kier molecular flexibility index (Phi) is 8.17. The lowest BCUT2D eigenvalue weighted by atomic mass is 9.99. The number of carbonyl (C=O) groups excluding carboxylic acids is 1. The van der Waals surface area contributed by atoms with E-state index in [2.05, 4.69) is 14.7 Å². The molecule has 3 N–H and O–H groups in total. The average molecular weight is 689 g/mol. The fourth-order valence-corrected chi connectivity index (χ4v) is 8.12. The van der Waals surface area contributed by atoms with Gasteiger partial charge in [0.2, 0.25) is 26.0 Å². The molecule has 238 valence electrons. The number of amides is 1. The summed E-state index contributed by atoms with van der Waals surface area (Å²) in [6.45, 7) is 0. The van der Waals surface area contributed by atoms with E-state index < -0.39 is 53.9 Å². The maximum atomic E-state index is 14.2. The van der Waals surface area contributed by atoms with Crippen molar-refractivity contribution in [2.24, 2.45) is 0 Å². The molecule has 2 atom stereocenters. The van der Waals surface area contributed by atoms with Crippen molar-refractivity contribution in [3.05, 3.63) is 119 Å². The topological polar surface area (TPSA) is 138 Å². The van der Waals surface area contributed by atoms with Gasteiger partial charge in [-0.2, -0.15) is 13.2 Å². The van der Waals surface area contributed by atoms with Crippen LogP contribution in [0.25, 0.3) is 22.2 Å². The van der Waals surface area contributed by atoms with Gasteiger partial charge in [-0.3, -0.25) is 9.52 Å². The molecule has 1 aliphatic heterocycles. The number of rotatable bonds is 8. The molecule has 1 unspecified atom stereocenters. The van der Waals surface area contributed by atoms with Crippen LogP contribution in [-0.2, 0) is 37.4 Å². The monoisotopic (exact) mass is 688 g/mol. The standard InChI is InChI=1S/C31H24ClF3N4O5S2/c32-21-11-9-19(10-12-21)23-14-13-22(16-24(23)31(33,34)35)45(41,42)38-27(30-36-25-3-1-2-4-26(25)37-30)15-18-5-7-20(8-6-18)28-17-29(40)39-46(28,43)44/h1-14,16,27-28,38H,15,17H2,(H,36,37)(H,39,40)/t27-,28?/m0/s1. The minimum atomic E-state index is -4.87. The van der Waals surface area contributed by atoms with E-state index in [0.29, 0.717) is 33.2 Å². The highest BCUT2D eigenvalue weighted by Crippen LogP contribution is 2.39. The van der Waals surface area contributed by atoms with Crippen molar-refractivity contribution in [2.45, 2.75) is 35.2 Å². The first-order chi connectivity index (χ1) is 21.7. The number of H-pyrrole nitrogens is 1. The van der Waals surface area contributed by atoms with Gasteiger partial charge in [0.15, 0.2) is 0 Å². The van der Waals surface area contributed by atoms with Crippen molar-refractivity contribution in [1.29, 1.82) is 0 Å². The Morgan fingerprint density at radius 1 is 0.978 bits per heavy atom. The Labute approximate surface area is 266 Å². The number of aromatic nitrogens is 2. The molecule has 1 aromatic heterocycles. The number of hydrogen-bond donors (Lipinski definition) is 3. The zero-order chi connectivity index (χ0) is 32.9. The predicted molar refractivity (Wildman–Crippen MR) is 166 cm³/mol. The molecule has 46 heavy (non-hydrogen) atoms. The van der Waals surface area contributed by atoms with E-state index in [1.807, 2.05) is 4.72 Å². The fraction of sp³-hybridized carbons (Fsp3) is 0.161. The number of fused-ring (bicyclic) bond motifs is 1. The van der Waals surface area contributed by atoms with E-state index in [-0.39, 0.29) is 29.8 Å². The van der Waals surface area contributed by atoms with Gasteiger partial charge in [0, 0.05) is 5.02 Å². The van der Waals surface area contributed by atoms with Crippen LogP contribution in [0.5, 0.6) is 0 Å². The first kappa shape index (κ1) is 31.7. The molecule has 1 aliphatic rings. The van der Waals surface area contributed by atoms with Crippen molar-refractivity contribution in [1.82, 2.24) is 19.4 Å². The van der Waals surface area contributed by atoms with E-state index in [1.165, 1.54) is 36.4 Å². The summed E-state index contributed by atoms with van der Waals surface area (Å²) < 4.78 is 99.1. The van der Waals surface area contributed by atoms with Gasteiger partial charge in [0.25, 0.3) is 0 Å². The van der Waals surface area contributed by atoms with Crippen molar-refractivity contribution < 1.29 is 34.8 Å². The number of para-hydroxylation sites is 2. The van der Waals surface area contributed by atoms with Gasteiger partial charge in [-0.1, -0.05) is 66.2 Å². The molecule has 1 fully saturated rings. The summed E-state index contributed by atoms with van der Waals surface area (Å²) >= 11 is 5.89. The van der Waals surface area contributed by atoms with Gasteiger partial charge < -0.3 is 4.98 Å². The van der Waals surface area contributed by atoms with Crippen molar-refractivity contribution >= 4 is 48.6 Å². The summed E-state index contributed by atoms with van der Waals surface area (Å²) in [7, 11) is -8.42. The number of halogens is 4. The minimum absolute atomic E-state index is 0.00289. The third-order valence-electron chi connectivity index (χ3n) is 7.59. The van der Waals surface area contributed by atoms with Gasteiger partial charge in [-0.25, -0.2) is 26.5 Å². The lowest BCUT2D eigenvalue weighted by Crippen LogP contribution is -2.31. The molecular formula is C31H24ClF3N4O5S2. The van der Waals surface area contributed by atoms with Crippen molar-refractivity contribution in [3.63, 3.8) is 0 Å². The largest absolute Gasteiger partial charge is 0.417 e. The Morgan fingerprint density at radius 3 is 2.30 bits per heavy atom. The summed E-state index contributed by atoms with van der Waals surface area (Å²) in [4.78, 5) is 18.7. The molecule has 0 spiro atoms. The molecule has 9 nitrogen and oxygen atoms in total. The molecule has 5 aromatic rings. The van der Waals surface area contributed by atoms with Gasteiger partial charge >= 0.3 is 6.18 Å². The van der Waals surface area contributed by atoms with E-state index in [9.17, 15) is 34.8 Å². The average Bonchev–Trinajstić information content (AvgIpc) is 3.56. The number of alkyl halides is 3. The van der Waals surface area contributed by atoms with Crippen molar-refractivity contribution in [3.8, 4) is 11.1 Å². The van der Waals surface area contributed by atoms with Crippen LogP contribution < -0.4 is 9.44 Å². The number of sulfonamides is 2. The lowest BCUT2D eigenvalue weighted by Gasteiger charge is -2.19. The number of aromatic amines is 1. The number of imidazole rings is 1. The van der Waals surface area contributed by atoms with Crippen molar-refractivity contribution in [2.75, 3.05) is 0 Å². The Morgan fingerprint density at radius 2 is 1.67 bits per heavy atom. The zero-order valence-corrected chi connectivity index (χ0v) is 25.9. The summed E-state index contributed by atoms with van der Waals surface area (Å²) in [6.07, 6.45) is -5.09. The van der Waals surface area contributed by atoms with Gasteiger partial charge in [-0.15, -0.1) is 0 Å². The smallest absolute Gasteiger partial charge is 0.341 e. The molecule has 6 rings (SSSR count). The Balaban J connectivity index is 1.35. The molecule has 0 bridgehead atoms. The molecule has 2 heterocycles. The first-order valence-electron chi connectivity index (χ1n) is 13.8. The second kappa shape index (κ2) is 11.8. The van der Waals surface area contributed by atoms with Crippen LogP contribution in [0, 0.1) is 0 Å². The number of nitrogens with zero attached hydrogens (tertiary/aromatic N) is 1. The van der Waals surface area contributed by atoms with Crippen LogP contribution in [-0.4, -0.2) is 32.7 Å². The number of nitrogens with one attached hydrogen (secondary N) is 3. The second-order valence-electron chi connectivity index (χ2n) is 10.7. The summed E-state index contributed by atoms with van der Waals surface area (Å²) in [5.74, 6) is -0.390. The van der Waals surface area contributed by atoms with Crippen LogP contribution >= 0.6 is 11.6 Å². The molecule has 0 radical (unpaired) electrons. The SMILES string of the molecule is O=C1CC(c2ccc(C[C@H](NS(=O)(=O)c3ccc(-c4ccc(Cl)cc4)c(C(F)(F)F)c3)c3nc4ccccc4[nH]3)cc2)S(=O)(=O)N1. The molecule has 0 aliphatic carbocycles. The van der Waals surface area contributed by atoms with E-state index in [0.717, 1.165) is 12.1 Å². The van der Waals surface area contributed by atoms with Crippen LogP contribution in [0.1, 0.15) is 40.2 Å². The first-order valence-corrected chi connectivity index (χ1v) is 17.2. The third-order valence-corrected chi connectivity index (χ3v) is 11.0. The highest BCUT2D eigenvalue weighted by Gasteiger charge is 2.38. The zero-order valence-electron chi connectivity index (χ0n) is 23.5. The number of hydrogen-bond acceptors (Lipinski definition) is 6. The lowest BCUT2D eigenvalue weighted by molar-refractivity contribution is -0.137. The molecule has 1 saturated heterocycles. The van der Waals surface area contributed by atoms with Crippen LogP contribution in [0.2, 0.25) is 5.02 Å². The number of carbonyl (C=O) groups is 1. The van der Waals surface area contributed by atoms with E-state index in [4.69, 9.17) is 11.6 Å². The fourth-order valence-electron chi connectivity index (χ4n) is 5.34. The normalized spacial score (nSPS) is 17.2. The Bertz CT molecular complexity index is 2140. The van der Waals surface area contributed by atoms with E-state index >= 15 is 0 Å². The molecule has 4 aromatic carbocycles. The van der Waals surface area contributed by atoms with E-state index in [1.54, 1.807) is 36.4 Å². The van der Waals surface area contributed by atoms with Crippen LogP contribution in [0.15, 0.2) is 95.9 Å². The van der Waals surface area contributed by atoms with Gasteiger partial charge in [0.05, 0.1) is 34.0 Å². The molecule has 15 heteroatoms. The maximum Gasteiger partial charge on any atom is 0.417 e. The molecular weight excluding hydrogens is 665 g/mol. The van der Waals surface area contributed by atoms with Gasteiger partial charge in [0.1, 0.15) is 11.1 Å². The molecule has 0 saturated carbocycles. The summed E-state index contributed by atoms with van der Waals surface area (Å²) in [5, 5.41) is -0.722. The van der Waals surface area contributed by atoms with Crippen LogP contribution in [0.4, 0.5) is 13.2 Å². The quantitative estimate of drug-likeness (QED) is 0.181. The van der Waals surface area contributed by atoms with Crippen LogP contribution in [0.3, 0.4) is 0 Å². The minimum Gasteiger partial charge on any atom is -0.341 e. The number of benzene rings is 4. The predicted octanol–water partition coefficient (Wildman–Crippen LogP) is 6.06. The highest BCUT2D eigenvalue weighted by molar-refractivity contribution is 7.90. The summed E-state index contributed by atoms with van der Waals surface area (Å²) in [6, 6.07) is 20.7. The Hall–Kier alpha value is -4.24.